The zero-order chi connectivity index (χ0) is 13.7. The summed E-state index contributed by atoms with van der Waals surface area (Å²) in [7, 11) is 2.19. The summed E-state index contributed by atoms with van der Waals surface area (Å²) in [6.07, 6.45) is 6.09. The molecular weight excluding hydrogens is 234 g/mol. The number of fused-ring (bicyclic) bond motifs is 1. The van der Waals surface area contributed by atoms with Gasteiger partial charge in [0.15, 0.2) is 0 Å². The third kappa shape index (κ3) is 4.20. The molecule has 3 nitrogen and oxygen atoms in total. The fourth-order valence-corrected chi connectivity index (χ4v) is 2.48. The van der Waals surface area contributed by atoms with E-state index in [-0.39, 0.29) is 0 Å². The zero-order valence-corrected chi connectivity index (χ0v) is 12.6. The maximum Gasteiger partial charge on any atom is 0.126 e. The Morgan fingerprint density at radius 2 is 2.11 bits per heavy atom. The number of hydrogen-bond donors (Lipinski definition) is 1. The number of nitrogens with zero attached hydrogens (tertiary/aromatic N) is 2. The lowest BCUT2D eigenvalue weighted by molar-refractivity contribution is 0.269. The van der Waals surface area contributed by atoms with E-state index in [1.807, 2.05) is 0 Å². The first-order valence-electron chi connectivity index (χ1n) is 7.59. The van der Waals surface area contributed by atoms with E-state index in [0.29, 0.717) is 6.04 Å². The molecule has 0 atom stereocenters. The minimum absolute atomic E-state index is 0.645. The van der Waals surface area contributed by atoms with Gasteiger partial charge in [0.25, 0.3) is 0 Å². The fraction of sp³-hybridized carbons (Fsp3) is 0.688. The number of aryl methyl sites for hydroxylation is 2. The van der Waals surface area contributed by atoms with Gasteiger partial charge < -0.3 is 10.2 Å². The summed E-state index contributed by atoms with van der Waals surface area (Å²) >= 11 is 0. The highest BCUT2D eigenvalue weighted by Gasteiger charge is 2.12. The van der Waals surface area contributed by atoms with Crippen molar-refractivity contribution < 1.29 is 0 Å². The third-order valence-electron chi connectivity index (χ3n) is 4.05. The van der Waals surface area contributed by atoms with Crippen LogP contribution in [-0.4, -0.2) is 36.1 Å². The van der Waals surface area contributed by atoms with Gasteiger partial charge >= 0.3 is 0 Å². The standard InChI is InChI=1S/C16H27N3/c1-13(2)19(3)12-5-4-11-17-16-10-9-14-7-6-8-15(14)18-16/h9-10,13H,4-8,11-12H2,1-3H3,(H,17,18). The Morgan fingerprint density at radius 3 is 2.89 bits per heavy atom. The molecule has 0 amide bonds. The van der Waals surface area contributed by atoms with Crippen molar-refractivity contribution in [1.82, 2.24) is 9.88 Å². The topological polar surface area (TPSA) is 28.2 Å². The van der Waals surface area contributed by atoms with Crippen molar-refractivity contribution in [1.29, 1.82) is 0 Å². The monoisotopic (exact) mass is 261 g/mol. The first kappa shape index (κ1) is 14.3. The summed E-state index contributed by atoms with van der Waals surface area (Å²) in [5, 5.41) is 3.45. The van der Waals surface area contributed by atoms with E-state index in [1.165, 1.54) is 43.5 Å². The quantitative estimate of drug-likeness (QED) is 0.764. The molecule has 106 valence electrons. The second-order valence-electron chi connectivity index (χ2n) is 5.86. The van der Waals surface area contributed by atoms with Crippen molar-refractivity contribution in [2.75, 3.05) is 25.5 Å². The lowest BCUT2D eigenvalue weighted by Gasteiger charge is -2.20. The van der Waals surface area contributed by atoms with Crippen LogP contribution in [0.4, 0.5) is 5.82 Å². The second-order valence-corrected chi connectivity index (χ2v) is 5.86. The molecule has 0 radical (unpaired) electrons. The van der Waals surface area contributed by atoms with E-state index >= 15 is 0 Å². The van der Waals surface area contributed by atoms with E-state index < -0.39 is 0 Å². The average molecular weight is 261 g/mol. The van der Waals surface area contributed by atoms with Crippen molar-refractivity contribution in [2.24, 2.45) is 0 Å². The highest BCUT2D eigenvalue weighted by Crippen LogP contribution is 2.21. The lowest BCUT2D eigenvalue weighted by Crippen LogP contribution is -2.27. The first-order chi connectivity index (χ1) is 9.16. The van der Waals surface area contributed by atoms with E-state index in [2.05, 4.69) is 43.2 Å². The van der Waals surface area contributed by atoms with Crippen molar-refractivity contribution in [3.8, 4) is 0 Å². The summed E-state index contributed by atoms with van der Waals surface area (Å²) in [6, 6.07) is 5.01. The molecule has 0 spiro atoms. The minimum Gasteiger partial charge on any atom is -0.370 e. The van der Waals surface area contributed by atoms with Gasteiger partial charge in [0, 0.05) is 18.3 Å². The molecular formula is C16H27N3. The lowest BCUT2D eigenvalue weighted by atomic mass is 10.2. The van der Waals surface area contributed by atoms with Crippen molar-refractivity contribution in [2.45, 2.75) is 52.0 Å². The Kier molecular flexibility index (Phi) is 5.20. The number of aromatic nitrogens is 1. The number of anilines is 1. The van der Waals surface area contributed by atoms with E-state index in [0.717, 1.165) is 18.8 Å². The highest BCUT2D eigenvalue weighted by atomic mass is 15.1. The summed E-state index contributed by atoms with van der Waals surface area (Å²) in [5.41, 5.74) is 2.76. The molecule has 0 aromatic carbocycles. The van der Waals surface area contributed by atoms with Gasteiger partial charge in [0.05, 0.1) is 0 Å². The smallest absolute Gasteiger partial charge is 0.126 e. The SMILES string of the molecule is CC(C)N(C)CCCCNc1ccc2c(n1)CCC2. The molecule has 1 aromatic rings. The van der Waals surface area contributed by atoms with Crippen LogP contribution in [0.3, 0.4) is 0 Å². The van der Waals surface area contributed by atoms with Gasteiger partial charge in [-0.1, -0.05) is 6.07 Å². The third-order valence-corrected chi connectivity index (χ3v) is 4.05. The first-order valence-corrected chi connectivity index (χ1v) is 7.59. The predicted molar refractivity (Wildman–Crippen MR) is 81.8 cm³/mol. The molecule has 0 saturated heterocycles. The fourth-order valence-electron chi connectivity index (χ4n) is 2.48. The predicted octanol–water partition coefficient (Wildman–Crippen LogP) is 3.10. The highest BCUT2D eigenvalue weighted by molar-refractivity contribution is 5.40. The summed E-state index contributed by atoms with van der Waals surface area (Å²) in [5.74, 6) is 1.05. The Labute approximate surface area is 117 Å². The minimum atomic E-state index is 0.645. The second kappa shape index (κ2) is 6.90. The van der Waals surface area contributed by atoms with Crippen molar-refractivity contribution in [3.05, 3.63) is 23.4 Å². The van der Waals surface area contributed by atoms with E-state index in [4.69, 9.17) is 4.98 Å². The largest absolute Gasteiger partial charge is 0.370 e. The average Bonchev–Trinajstić information content (AvgIpc) is 2.85. The molecule has 0 aliphatic heterocycles. The van der Waals surface area contributed by atoms with Crippen molar-refractivity contribution >= 4 is 5.82 Å². The molecule has 1 aromatic heterocycles. The van der Waals surface area contributed by atoms with Gasteiger partial charge in [-0.15, -0.1) is 0 Å². The summed E-state index contributed by atoms with van der Waals surface area (Å²) in [6.45, 7) is 6.69. The van der Waals surface area contributed by atoms with Crippen molar-refractivity contribution in [3.63, 3.8) is 0 Å². The van der Waals surface area contributed by atoms with Gasteiger partial charge in [0.1, 0.15) is 5.82 Å². The number of unbranched alkanes of at least 4 members (excludes halogenated alkanes) is 1. The Balaban J connectivity index is 1.66. The van der Waals surface area contributed by atoms with Crippen LogP contribution in [-0.2, 0) is 12.8 Å². The Morgan fingerprint density at radius 1 is 1.26 bits per heavy atom. The molecule has 1 heterocycles. The molecule has 1 N–H and O–H groups in total. The molecule has 2 rings (SSSR count). The maximum absolute atomic E-state index is 4.69. The van der Waals surface area contributed by atoms with Crippen LogP contribution in [0.25, 0.3) is 0 Å². The van der Waals surface area contributed by atoms with Gasteiger partial charge in [-0.25, -0.2) is 4.98 Å². The molecule has 0 unspecified atom stereocenters. The van der Waals surface area contributed by atoms with Crippen LogP contribution in [0.15, 0.2) is 12.1 Å². The van der Waals surface area contributed by atoms with E-state index in [1.54, 1.807) is 0 Å². The number of pyridine rings is 1. The van der Waals surface area contributed by atoms with Gasteiger partial charge in [-0.2, -0.15) is 0 Å². The molecule has 1 aliphatic rings. The molecule has 3 heteroatoms. The number of hydrogen-bond acceptors (Lipinski definition) is 3. The normalized spacial score (nSPS) is 14.2. The van der Waals surface area contributed by atoms with Crippen LogP contribution in [0.5, 0.6) is 0 Å². The molecule has 0 saturated carbocycles. The maximum atomic E-state index is 4.69. The summed E-state index contributed by atoms with van der Waals surface area (Å²) in [4.78, 5) is 7.09. The van der Waals surface area contributed by atoms with E-state index in [9.17, 15) is 0 Å². The summed E-state index contributed by atoms with van der Waals surface area (Å²) < 4.78 is 0. The van der Waals surface area contributed by atoms with Crippen LogP contribution in [0, 0.1) is 0 Å². The number of nitrogens with one attached hydrogen (secondary N) is 1. The molecule has 19 heavy (non-hydrogen) atoms. The van der Waals surface area contributed by atoms with Gasteiger partial charge in [-0.3, -0.25) is 0 Å². The Hall–Kier alpha value is -1.09. The molecule has 1 aliphatic carbocycles. The molecule has 0 fully saturated rings. The van der Waals surface area contributed by atoms with Gasteiger partial charge in [-0.05, 0) is 71.2 Å². The molecule has 0 bridgehead atoms. The van der Waals surface area contributed by atoms with Gasteiger partial charge in [0.2, 0.25) is 0 Å². The Bertz CT molecular complexity index is 401. The van der Waals surface area contributed by atoms with Crippen LogP contribution < -0.4 is 5.32 Å². The zero-order valence-electron chi connectivity index (χ0n) is 12.6. The van der Waals surface area contributed by atoms with Crippen LogP contribution in [0.1, 0.15) is 44.4 Å². The van der Waals surface area contributed by atoms with Crippen LogP contribution in [0.2, 0.25) is 0 Å². The van der Waals surface area contributed by atoms with Crippen LogP contribution >= 0.6 is 0 Å². The number of rotatable bonds is 7.